The molecule has 0 spiro atoms. The Hall–Kier alpha value is -8.41. The maximum absolute atomic E-state index is 14.6. The van der Waals surface area contributed by atoms with Gasteiger partial charge in [-0.15, -0.1) is 6.58 Å². The van der Waals surface area contributed by atoms with E-state index in [0.29, 0.717) is 5.56 Å². The van der Waals surface area contributed by atoms with Gasteiger partial charge in [-0.1, -0.05) is 267 Å². The topological polar surface area (TPSA) is 165 Å². The van der Waals surface area contributed by atoms with Crippen LogP contribution in [0.4, 0.5) is 0 Å². The number of carbonyl (C=O) groups is 1. The largest absolute Gasteiger partial charge is 0.450 e. The van der Waals surface area contributed by atoms with E-state index in [9.17, 15) is 4.79 Å². The second-order valence-corrected chi connectivity index (χ2v) is 25.2. The quantitative estimate of drug-likeness (QED) is 0.0281. The number of rotatable bonds is 33. The molecule has 0 radical (unpaired) electrons. The van der Waals surface area contributed by atoms with E-state index >= 15 is 0 Å². The molecule has 4 fully saturated rings. The Morgan fingerprint density at radius 3 is 1.13 bits per heavy atom. The molecule has 0 amide bonds. The van der Waals surface area contributed by atoms with Crippen molar-refractivity contribution in [2.24, 2.45) is 0 Å². The van der Waals surface area contributed by atoms with Gasteiger partial charge in [-0.05, 0) is 51.1 Å². The third-order valence-corrected chi connectivity index (χ3v) is 18.0. The van der Waals surface area contributed by atoms with Gasteiger partial charge in [-0.3, -0.25) is 0 Å². The lowest BCUT2D eigenvalue weighted by Crippen LogP contribution is -2.68. The molecule has 9 aromatic rings. The summed E-state index contributed by atoms with van der Waals surface area (Å²) in [5, 5.41) is 0. The monoisotopic (exact) mass is 1370 g/mol. The summed E-state index contributed by atoms with van der Waals surface area (Å²) in [6.45, 7) is 4.97. The summed E-state index contributed by atoms with van der Waals surface area (Å²) in [5.41, 5.74) is 7.41. The summed E-state index contributed by atoms with van der Waals surface area (Å²) in [6, 6.07) is 87.6. The van der Waals surface area contributed by atoms with E-state index in [0.717, 1.165) is 44.5 Å². The number of hydrogen-bond acceptors (Lipinski definition) is 17. The predicted octanol–water partition coefficient (Wildman–Crippen LogP) is 13.8. The maximum atomic E-state index is 14.6. The van der Waals surface area contributed by atoms with E-state index in [1.54, 1.807) is 30.3 Å². The minimum atomic E-state index is -1.37. The van der Waals surface area contributed by atoms with E-state index in [-0.39, 0.29) is 72.7 Å². The standard InChI is InChI=1S/C84H86O17/c1-2-48-88-82-79(98-80(85)66-44-26-10-27-45-66)76(91-53-63-38-20-7-21-39-63)72(68(95-82)56-86-49-59-30-12-3-13-31-59)101-83-77(92-54-64-40-22-8-23-41-64)74(89-51-61-34-16-5-17-35-61)71(69(96-83)57-87-50-60-32-14-4-15-33-60)100-84-78(93-55-65-42-24-9-25-43-65)75(90-52-62-36-18-6-19-37-62)73-70(97-84)58-94-81(99-73)67-46-28-11-29-47-67/h2-47,68-79,81-84H,1,48-58H2/t68-,69-,70-,71-,72-,73-,74+,75+,76+,77+,78+,79-,81-,82-,83+,84+/m1/s1. The van der Waals surface area contributed by atoms with Gasteiger partial charge in [-0.25, -0.2) is 4.79 Å². The van der Waals surface area contributed by atoms with Crippen molar-refractivity contribution >= 4 is 5.97 Å². The first-order valence-corrected chi connectivity index (χ1v) is 34.5. The summed E-state index contributed by atoms with van der Waals surface area (Å²) >= 11 is 0. The molecule has 13 rings (SSSR count). The lowest BCUT2D eigenvalue weighted by Gasteiger charge is -2.52. The number of fused-ring (bicyclic) bond motifs is 1. The number of ether oxygens (including phenoxy) is 16. The minimum absolute atomic E-state index is 0.0324. The Bertz CT molecular complexity index is 3840. The molecular formula is C84H86O17. The lowest BCUT2D eigenvalue weighted by molar-refractivity contribution is -0.405. The highest BCUT2D eigenvalue weighted by molar-refractivity contribution is 5.89. The van der Waals surface area contributed by atoms with Crippen molar-refractivity contribution in [3.8, 4) is 0 Å². The molecule has 0 saturated carbocycles. The molecule has 16 atom stereocenters. The van der Waals surface area contributed by atoms with E-state index < -0.39 is 104 Å². The van der Waals surface area contributed by atoms with Gasteiger partial charge in [0.05, 0.1) is 78.2 Å². The van der Waals surface area contributed by atoms with Crippen molar-refractivity contribution in [1.29, 1.82) is 0 Å². The zero-order valence-corrected chi connectivity index (χ0v) is 56.2. The smallest absolute Gasteiger partial charge is 0.338 e. The van der Waals surface area contributed by atoms with Gasteiger partial charge < -0.3 is 75.8 Å². The Labute approximate surface area is 590 Å². The van der Waals surface area contributed by atoms with Crippen LogP contribution in [-0.4, -0.2) is 125 Å². The van der Waals surface area contributed by atoms with Crippen LogP contribution in [0.3, 0.4) is 0 Å². The Kier molecular flexibility index (Phi) is 26.0. The highest BCUT2D eigenvalue weighted by Crippen LogP contribution is 2.42. The molecular weight excluding hydrogens is 1280 g/mol. The summed E-state index contributed by atoms with van der Waals surface area (Å²) in [6.07, 6.45) is -15.2. The second-order valence-electron chi connectivity index (χ2n) is 25.2. The summed E-state index contributed by atoms with van der Waals surface area (Å²) in [7, 11) is 0. The van der Waals surface area contributed by atoms with Crippen molar-refractivity contribution in [3.63, 3.8) is 0 Å². The third kappa shape index (κ3) is 19.6. The van der Waals surface area contributed by atoms with E-state index in [1.807, 2.05) is 249 Å². The fourth-order valence-electron chi connectivity index (χ4n) is 12.9. The molecule has 4 saturated heterocycles. The maximum Gasteiger partial charge on any atom is 0.338 e. The minimum Gasteiger partial charge on any atom is -0.450 e. The van der Waals surface area contributed by atoms with Crippen molar-refractivity contribution in [3.05, 3.63) is 336 Å². The van der Waals surface area contributed by atoms with Gasteiger partial charge in [0.2, 0.25) is 0 Å². The van der Waals surface area contributed by atoms with Crippen molar-refractivity contribution in [1.82, 2.24) is 0 Å². The number of benzene rings is 9. The molecule has 0 N–H and O–H groups in total. The molecule has 0 unspecified atom stereocenters. The molecule has 524 valence electrons. The highest BCUT2D eigenvalue weighted by atomic mass is 16.8. The Morgan fingerprint density at radius 1 is 0.356 bits per heavy atom. The van der Waals surface area contributed by atoms with Gasteiger partial charge in [0, 0.05) is 5.56 Å². The van der Waals surface area contributed by atoms with Gasteiger partial charge in [0.1, 0.15) is 67.1 Å². The molecule has 101 heavy (non-hydrogen) atoms. The van der Waals surface area contributed by atoms with Crippen LogP contribution in [-0.2, 0) is 122 Å². The van der Waals surface area contributed by atoms with Crippen LogP contribution in [0.1, 0.15) is 61.2 Å². The molecule has 17 nitrogen and oxygen atoms in total. The van der Waals surface area contributed by atoms with E-state index in [2.05, 4.69) is 6.58 Å². The first-order valence-electron chi connectivity index (χ1n) is 34.5. The molecule has 0 bridgehead atoms. The van der Waals surface area contributed by atoms with E-state index in [1.165, 1.54) is 0 Å². The van der Waals surface area contributed by atoms with Crippen molar-refractivity contribution in [2.75, 3.05) is 26.4 Å². The average molecular weight is 1370 g/mol. The van der Waals surface area contributed by atoms with Crippen LogP contribution in [0.5, 0.6) is 0 Å². The molecule has 0 aromatic heterocycles. The molecule has 4 heterocycles. The van der Waals surface area contributed by atoms with Crippen LogP contribution < -0.4 is 0 Å². The molecule has 9 aromatic carbocycles. The van der Waals surface area contributed by atoms with Gasteiger partial charge in [0.25, 0.3) is 0 Å². The average Bonchev–Trinajstić information content (AvgIpc) is 0.762. The van der Waals surface area contributed by atoms with E-state index in [4.69, 9.17) is 75.8 Å². The summed E-state index contributed by atoms with van der Waals surface area (Å²) in [5.74, 6) is -0.641. The zero-order valence-electron chi connectivity index (χ0n) is 56.2. The van der Waals surface area contributed by atoms with Crippen molar-refractivity contribution in [2.45, 2.75) is 145 Å². The van der Waals surface area contributed by atoms with Crippen LogP contribution in [0.25, 0.3) is 0 Å². The van der Waals surface area contributed by atoms with Crippen LogP contribution in [0.15, 0.2) is 286 Å². The fraction of sp³-hybridized carbons (Fsp3) is 0.321. The molecule has 17 heteroatoms. The number of hydrogen-bond donors (Lipinski definition) is 0. The van der Waals surface area contributed by atoms with Gasteiger partial charge in [0.15, 0.2) is 31.3 Å². The number of carbonyl (C=O) groups excluding carboxylic acids is 1. The predicted molar refractivity (Wildman–Crippen MR) is 375 cm³/mol. The zero-order chi connectivity index (χ0) is 68.6. The van der Waals surface area contributed by atoms with Crippen molar-refractivity contribution < 1.29 is 80.6 Å². The molecule has 4 aliphatic rings. The van der Waals surface area contributed by atoms with Crippen LogP contribution in [0.2, 0.25) is 0 Å². The third-order valence-electron chi connectivity index (χ3n) is 18.0. The SMILES string of the molecule is C=CCO[C@@H]1O[C@H](COCc2ccccc2)[C@@H](O[C@@H]2O[C@H](COCc3ccccc3)[C@@H](O[C@@H]3O[C@@H]4CO[C@@H](c5ccccc5)O[C@H]4[C@H](OCc4ccccc4)[C@@H]3OCc3ccccc3)[C@H](OCc3ccccc3)[C@@H]2OCc2ccccc2)[C@H](OCc2ccccc2)[C@H]1OC(=O)c1ccccc1. The normalized spacial score (nSPS) is 26.5. The van der Waals surface area contributed by atoms with Crippen LogP contribution in [0, 0.1) is 0 Å². The van der Waals surface area contributed by atoms with Crippen LogP contribution >= 0.6 is 0 Å². The number of esters is 1. The fourth-order valence-corrected chi connectivity index (χ4v) is 12.9. The van der Waals surface area contributed by atoms with Gasteiger partial charge >= 0.3 is 5.97 Å². The molecule has 0 aliphatic carbocycles. The Balaban J connectivity index is 0.929. The Morgan fingerprint density at radius 2 is 0.703 bits per heavy atom. The highest BCUT2D eigenvalue weighted by Gasteiger charge is 2.58. The summed E-state index contributed by atoms with van der Waals surface area (Å²) in [4.78, 5) is 14.6. The lowest BCUT2D eigenvalue weighted by atomic mass is 9.94. The summed E-state index contributed by atoms with van der Waals surface area (Å²) < 4.78 is 114. The first-order chi connectivity index (χ1) is 50.0. The first kappa shape index (κ1) is 71.0. The van der Waals surface area contributed by atoms with Gasteiger partial charge in [-0.2, -0.15) is 0 Å². The molecule has 4 aliphatic heterocycles. The second kappa shape index (κ2) is 37.0.